The van der Waals surface area contributed by atoms with Crippen LogP contribution < -0.4 is 10.1 Å². The molecule has 0 unspecified atom stereocenters. The molecule has 138 valence electrons. The summed E-state index contributed by atoms with van der Waals surface area (Å²) in [5, 5.41) is 7.34. The lowest BCUT2D eigenvalue weighted by atomic mass is 9.86. The summed E-state index contributed by atoms with van der Waals surface area (Å²) in [6, 6.07) is 14.2. The second-order valence-corrected chi connectivity index (χ2v) is 6.73. The molecule has 2 aromatic carbocycles. The van der Waals surface area contributed by atoms with E-state index in [1.807, 2.05) is 38.2 Å². The summed E-state index contributed by atoms with van der Waals surface area (Å²) in [6.07, 6.45) is 0.384. The van der Waals surface area contributed by atoms with Crippen LogP contribution in [0.3, 0.4) is 0 Å². The van der Waals surface area contributed by atoms with Crippen LogP contribution in [0.2, 0.25) is 0 Å². The first kappa shape index (κ1) is 17.3. The molecule has 4 rings (SSSR count). The predicted octanol–water partition coefficient (Wildman–Crippen LogP) is 3.92. The van der Waals surface area contributed by atoms with E-state index in [9.17, 15) is 9.18 Å². The number of aryl methyl sites for hydroxylation is 2. The molecule has 1 aromatic heterocycles. The van der Waals surface area contributed by atoms with Gasteiger partial charge in [0.25, 0.3) is 0 Å². The van der Waals surface area contributed by atoms with Crippen molar-refractivity contribution < 1.29 is 13.9 Å². The maximum atomic E-state index is 13.7. The second-order valence-electron chi connectivity index (χ2n) is 6.73. The number of aromatic nitrogens is 2. The van der Waals surface area contributed by atoms with E-state index in [0.29, 0.717) is 17.7 Å². The third-order valence-corrected chi connectivity index (χ3v) is 4.90. The standard InChI is InChI=1S/C21H20FN3O2/c1-13-20-17(11-19(26)23-21(20)25(2)24-13)14-7-9-16(10-8-14)27-12-15-5-3-4-6-18(15)22/h3-10,17H,11-12H2,1-2H3,(H,23,26)/t17-/m0/s1. The maximum absolute atomic E-state index is 13.7. The molecular formula is C21H20FN3O2. The highest BCUT2D eigenvalue weighted by atomic mass is 19.1. The molecule has 2 heterocycles. The van der Waals surface area contributed by atoms with Crippen molar-refractivity contribution >= 4 is 11.7 Å². The second kappa shape index (κ2) is 6.87. The third kappa shape index (κ3) is 3.30. The van der Waals surface area contributed by atoms with Crippen molar-refractivity contribution in [2.45, 2.75) is 25.9 Å². The summed E-state index contributed by atoms with van der Waals surface area (Å²) in [5.74, 6) is 1.08. The van der Waals surface area contributed by atoms with E-state index >= 15 is 0 Å². The number of nitrogens with zero attached hydrogens (tertiary/aromatic N) is 2. The van der Waals surface area contributed by atoms with Gasteiger partial charge in [0.15, 0.2) is 0 Å². The first-order chi connectivity index (χ1) is 13.0. The molecule has 1 aliphatic rings. The van der Waals surface area contributed by atoms with Gasteiger partial charge in [0.2, 0.25) is 5.91 Å². The number of benzene rings is 2. The SMILES string of the molecule is Cc1nn(C)c2c1[C@H](c1ccc(OCc3ccccc3F)cc1)CC(=O)N2. The van der Waals surface area contributed by atoms with Gasteiger partial charge in [-0.05, 0) is 30.7 Å². The van der Waals surface area contributed by atoms with Gasteiger partial charge in [0.05, 0.1) is 5.69 Å². The lowest BCUT2D eigenvalue weighted by Crippen LogP contribution is -2.24. The lowest BCUT2D eigenvalue weighted by molar-refractivity contribution is -0.116. The van der Waals surface area contributed by atoms with E-state index in [1.54, 1.807) is 22.9 Å². The number of amides is 1. The summed E-state index contributed by atoms with van der Waals surface area (Å²) in [5.41, 5.74) is 3.51. The molecule has 0 aliphatic carbocycles. The zero-order chi connectivity index (χ0) is 19.0. The number of nitrogens with one attached hydrogen (secondary N) is 1. The number of carbonyl (C=O) groups excluding carboxylic acids is 1. The molecule has 5 nitrogen and oxygen atoms in total. The highest BCUT2D eigenvalue weighted by molar-refractivity contribution is 5.94. The number of rotatable bonds is 4. The lowest BCUT2D eigenvalue weighted by Gasteiger charge is -2.24. The number of carbonyl (C=O) groups is 1. The number of halogens is 1. The van der Waals surface area contributed by atoms with Crippen LogP contribution in [0, 0.1) is 12.7 Å². The fourth-order valence-corrected chi connectivity index (χ4v) is 3.57. The average molecular weight is 365 g/mol. The van der Waals surface area contributed by atoms with Crippen LogP contribution in [0.25, 0.3) is 0 Å². The van der Waals surface area contributed by atoms with Gasteiger partial charge in [0.1, 0.15) is 24.0 Å². The first-order valence-electron chi connectivity index (χ1n) is 8.82. The van der Waals surface area contributed by atoms with Gasteiger partial charge in [-0.2, -0.15) is 5.10 Å². The van der Waals surface area contributed by atoms with Gasteiger partial charge in [-0.15, -0.1) is 0 Å². The minimum atomic E-state index is -0.276. The van der Waals surface area contributed by atoms with Gasteiger partial charge in [-0.25, -0.2) is 4.39 Å². The molecule has 27 heavy (non-hydrogen) atoms. The Balaban J connectivity index is 1.55. The Morgan fingerprint density at radius 3 is 2.70 bits per heavy atom. The zero-order valence-corrected chi connectivity index (χ0v) is 15.2. The van der Waals surface area contributed by atoms with Crippen LogP contribution in [-0.2, 0) is 18.4 Å². The summed E-state index contributed by atoms with van der Waals surface area (Å²) < 4.78 is 21.1. The van der Waals surface area contributed by atoms with E-state index in [4.69, 9.17) is 4.74 Å². The van der Waals surface area contributed by atoms with E-state index in [0.717, 1.165) is 22.6 Å². The Morgan fingerprint density at radius 2 is 1.96 bits per heavy atom. The molecule has 6 heteroatoms. The van der Waals surface area contributed by atoms with Crippen molar-refractivity contribution in [2.75, 3.05) is 5.32 Å². The minimum absolute atomic E-state index is 0.0182. The molecule has 3 aromatic rings. The fourth-order valence-electron chi connectivity index (χ4n) is 3.57. The minimum Gasteiger partial charge on any atom is -0.489 e. The molecular weight excluding hydrogens is 345 g/mol. The quantitative estimate of drug-likeness (QED) is 0.762. The Morgan fingerprint density at radius 1 is 1.22 bits per heavy atom. The molecule has 0 saturated carbocycles. The Labute approximate surface area is 156 Å². The Kier molecular flexibility index (Phi) is 4.39. The predicted molar refractivity (Wildman–Crippen MR) is 100 cm³/mol. The number of hydrogen-bond donors (Lipinski definition) is 1. The first-order valence-corrected chi connectivity index (χ1v) is 8.82. The summed E-state index contributed by atoms with van der Waals surface area (Å²) in [7, 11) is 1.83. The van der Waals surface area contributed by atoms with Crippen molar-refractivity contribution in [3.05, 3.63) is 76.7 Å². The zero-order valence-electron chi connectivity index (χ0n) is 15.2. The highest BCUT2D eigenvalue weighted by Gasteiger charge is 2.31. The number of hydrogen-bond acceptors (Lipinski definition) is 3. The van der Waals surface area contributed by atoms with Crippen LogP contribution in [0.5, 0.6) is 5.75 Å². The van der Waals surface area contributed by atoms with Crippen LogP contribution in [0.15, 0.2) is 48.5 Å². The van der Waals surface area contributed by atoms with Crippen LogP contribution in [-0.4, -0.2) is 15.7 Å². The molecule has 0 fully saturated rings. The molecule has 0 radical (unpaired) electrons. The molecule has 1 N–H and O–H groups in total. The highest BCUT2D eigenvalue weighted by Crippen LogP contribution is 2.39. The fraction of sp³-hybridized carbons (Fsp3) is 0.238. The van der Waals surface area contributed by atoms with Crippen molar-refractivity contribution in [1.29, 1.82) is 0 Å². The number of fused-ring (bicyclic) bond motifs is 1. The van der Waals surface area contributed by atoms with E-state index in [1.165, 1.54) is 6.07 Å². The third-order valence-electron chi connectivity index (χ3n) is 4.90. The van der Waals surface area contributed by atoms with E-state index in [-0.39, 0.29) is 24.2 Å². The van der Waals surface area contributed by atoms with E-state index < -0.39 is 0 Å². The van der Waals surface area contributed by atoms with Gasteiger partial charge in [0, 0.05) is 30.5 Å². The molecule has 0 bridgehead atoms. The van der Waals surface area contributed by atoms with Crippen LogP contribution in [0.1, 0.15) is 34.7 Å². The topological polar surface area (TPSA) is 56.2 Å². The van der Waals surface area contributed by atoms with Crippen molar-refractivity contribution in [3.63, 3.8) is 0 Å². The Bertz CT molecular complexity index is 995. The van der Waals surface area contributed by atoms with Gasteiger partial charge < -0.3 is 10.1 Å². The van der Waals surface area contributed by atoms with Crippen LogP contribution >= 0.6 is 0 Å². The molecule has 0 spiro atoms. The van der Waals surface area contributed by atoms with Gasteiger partial charge in [-0.1, -0.05) is 30.3 Å². The summed E-state index contributed by atoms with van der Waals surface area (Å²) in [4.78, 5) is 12.1. The largest absolute Gasteiger partial charge is 0.489 e. The Hall–Kier alpha value is -3.15. The monoisotopic (exact) mass is 365 g/mol. The van der Waals surface area contributed by atoms with Crippen molar-refractivity contribution in [3.8, 4) is 5.75 Å². The van der Waals surface area contributed by atoms with E-state index in [2.05, 4.69) is 10.4 Å². The van der Waals surface area contributed by atoms with Crippen molar-refractivity contribution in [1.82, 2.24) is 9.78 Å². The van der Waals surface area contributed by atoms with Gasteiger partial charge >= 0.3 is 0 Å². The summed E-state index contributed by atoms with van der Waals surface area (Å²) >= 11 is 0. The number of anilines is 1. The molecule has 1 aliphatic heterocycles. The molecule has 1 amide bonds. The average Bonchev–Trinajstić information content (AvgIpc) is 2.94. The molecule has 0 saturated heterocycles. The molecule has 1 atom stereocenters. The number of ether oxygens (including phenoxy) is 1. The van der Waals surface area contributed by atoms with Gasteiger partial charge in [-0.3, -0.25) is 9.48 Å². The smallest absolute Gasteiger partial charge is 0.226 e. The normalized spacial score (nSPS) is 16.0. The van der Waals surface area contributed by atoms with Crippen molar-refractivity contribution in [2.24, 2.45) is 7.05 Å². The van der Waals surface area contributed by atoms with Crippen LogP contribution in [0.4, 0.5) is 10.2 Å². The summed E-state index contributed by atoms with van der Waals surface area (Å²) in [6.45, 7) is 2.12. The maximum Gasteiger partial charge on any atom is 0.226 e.